The first-order valence-electron chi connectivity index (χ1n) is 6.78. The maximum atomic E-state index is 13.6. The summed E-state index contributed by atoms with van der Waals surface area (Å²) in [5.41, 5.74) is 0.469. The Bertz CT molecular complexity index is 897. The lowest BCUT2D eigenvalue weighted by molar-refractivity contribution is 0.102. The summed E-state index contributed by atoms with van der Waals surface area (Å²) in [6, 6.07) is 11.3. The zero-order chi connectivity index (χ0) is 16.4. The molecule has 0 fully saturated rings. The summed E-state index contributed by atoms with van der Waals surface area (Å²) in [4.78, 5) is 16.4. The second-order valence-corrected chi connectivity index (χ2v) is 4.83. The first kappa shape index (κ1) is 14.9. The van der Waals surface area contributed by atoms with Gasteiger partial charge in [-0.25, -0.2) is 13.8 Å². The Balaban J connectivity index is 1.90. The molecular weight excluding hydrogens is 302 g/mol. The number of ether oxygens (including phenoxy) is 1. The van der Waals surface area contributed by atoms with E-state index >= 15 is 0 Å². The molecule has 0 bridgehead atoms. The van der Waals surface area contributed by atoms with Crippen molar-refractivity contribution in [3.63, 3.8) is 0 Å². The molecule has 6 heteroatoms. The largest absolute Gasteiger partial charge is 0.497 e. The van der Waals surface area contributed by atoms with Crippen LogP contribution < -0.4 is 10.1 Å². The van der Waals surface area contributed by atoms with Crippen LogP contribution in [0.1, 0.15) is 10.5 Å². The number of anilines is 1. The quantitative estimate of drug-likeness (QED) is 0.800. The number of hydrogen-bond acceptors (Lipinski definition) is 3. The van der Waals surface area contributed by atoms with E-state index in [0.717, 1.165) is 23.6 Å². The molecule has 0 aliphatic carbocycles. The number of pyridine rings is 1. The third-order valence-electron chi connectivity index (χ3n) is 3.31. The molecule has 4 nitrogen and oxygen atoms in total. The fourth-order valence-corrected chi connectivity index (χ4v) is 2.14. The Morgan fingerprint density at radius 3 is 2.70 bits per heavy atom. The lowest BCUT2D eigenvalue weighted by Crippen LogP contribution is -2.14. The lowest BCUT2D eigenvalue weighted by Gasteiger charge is -2.07. The summed E-state index contributed by atoms with van der Waals surface area (Å²) >= 11 is 0. The fourth-order valence-electron chi connectivity index (χ4n) is 2.14. The number of hydrogen-bond donors (Lipinski definition) is 1. The van der Waals surface area contributed by atoms with Gasteiger partial charge in [-0.1, -0.05) is 6.07 Å². The Kier molecular flexibility index (Phi) is 3.89. The molecule has 116 valence electrons. The van der Waals surface area contributed by atoms with Gasteiger partial charge in [-0.15, -0.1) is 0 Å². The van der Waals surface area contributed by atoms with Gasteiger partial charge in [0.05, 0.1) is 18.3 Å². The molecule has 0 unspecified atom stereocenters. The molecule has 1 amide bonds. The number of carbonyl (C=O) groups excluding carboxylic acids is 1. The monoisotopic (exact) mass is 314 g/mol. The van der Waals surface area contributed by atoms with Crippen molar-refractivity contribution >= 4 is 22.5 Å². The van der Waals surface area contributed by atoms with Crippen molar-refractivity contribution in [2.24, 2.45) is 0 Å². The van der Waals surface area contributed by atoms with Crippen LogP contribution in [0.5, 0.6) is 5.75 Å². The molecular formula is C17H12F2N2O2. The zero-order valence-electron chi connectivity index (χ0n) is 12.1. The molecule has 0 aliphatic heterocycles. The number of fused-ring (bicyclic) bond motifs is 1. The van der Waals surface area contributed by atoms with E-state index < -0.39 is 17.5 Å². The fraction of sp³-hybridized carbons (Fsp3) is 0.0588. The molecule has 3 rings (SSSR count). The van der Waals surface area contributed by atoms with Gasteiger partial charge in [0.2, 0.25) is 0 Å². The van der Waals surface area contributed by atoms with E-state index in [1.165, 1.54) is 6.07 Å². The van der Waals surface area contributed by atoms with Gasteiger partial charge in [-0.3, -0.25) is 4.79 Å². The predicted molar refractivity (Wildman–Crippen MR) is 82.6 cm³/mol. The number of halogens is 2. The molecule has 0 aliphatic rings. The third-order valence-corrected chi connectivity index (χ3v) is 3.31. The van der Waals surface area contributed by atoms with E-state index in [2.05, 4.69) is 10.3 Å². The lowest BCUT2D eigenvalue weighted by atomic mass is 10.2. The Morgan fingerprint density at radius 1 is 1.09 bits per heavy atom. The molecule has 2 aromatic carbocycles. The summed E-state index contributed by atoms with van der Waals surface area (Å²) in [5.74, 6) is -1.30. The van der Waals surface area contributed by atoms with Gasteiger partial charge in [-0.05, 0) is 36.4 Å². The summed E-state index contributed by atoms with van der Waals surface area (Å²) in [7, 11) is 1.56. The van der Waals surface area contributed by atoms with E-state index in [1.807, 2.05) is 0 Å². The molecule has 1 heterocycles. The van der Waals surface area contributed by atoms with Gasteiger partial charge in [0.25, 0.3) is 5.91 Å². The van der Waals surface area contributed by atoms with Crippen molar-refractivity contribution in [2.45, 2.75) is 0 Å². The second kappa shape index (κ2) is 6.00. The average molecular weight is 314 g/mol. The van der Waals surface area contributed by atoms with Crippen LogP contribution in [-0.4, -0.2) is 18.0 Å². The van der Waals surface area contributed by atoms with Crippen molar-refractivity contribution in [2.75, 3.05) is 12.4 Å². The number of nitrogens with one attached hydrogen (secondary N) is 1. The first-order chi connectivity index (χ1) is 11.1. The predicted octanol–water partition coefficient (Wildman–Crippen LogP) is 3.77. The van der Waals surface area contributed by atoms with E-state index in [4.69, 9.17) is 4.74 Å². The van der Waals surface area contributed by atoms with Crippen LogP contribution in [0.15, 0.2) is 48.5 Å². The van der Waals surface area contributed by atoms with Crippen LogP contribution in [0.2, 0.25) is 0 Å². The first-order valence-corrected chi connectivity index (χ1v) is 6.78. The van der Waals surface area contributed by atoms with E-state index in [9.17, 15) is 13.6 Å². The van der Waals surface area contributed by atoms with Crippen molar-refractivity contribution < 1.29 is 18.3 Å². The highest BCUT2D eigenvalue weighted by Gasteiger charge is 2.12. The number of aromatic nitrogens is 1. The van der Waals surface area contributed by atoms with Gasteiger partial charge in [-0.2, -0.15) is 0 Å². The van der Waals surface area contributed by atoms with Crippen LogP contribution in [0.25, 0.3) is 10.9 Å². The summed E-state index contributed by atoms with van der Waals surface area (Å²) in [5, 5.41) is 3.12. The minimum absolute atomic E-state index is 0.103. The van der Waals surface area contributed by atoms with Gasteiger partial charge in [0, 0.05) is 11.5 Å². The minimum atomic E-state index is -0.717. The minimum Gasteiger partial charge on any atom is -0.497 e. The van der Waals surface area contributed by atoms with Gasteiger partial charge >= 0.3 is 0 Å². The molecule has 1 aromatic heterocycles. The SMILES string of the molecule is COc1ccc2nc(C(=O)Nc3cc(F)ccc3F)ccc2c1. The summed E-state index contributed by atoms with van der Waals surface area (Å²) in [6.07, 6.45) is 0. The van der Waals surface area contributed by atoms with E-state index in [-0.39, 0.29) is 11.4 Å². The molecule has 23 heavy (non-hydrogen) atoms. The Hall–Kier alpha value is -3.02. The van der Waals surface area contributed by atoms with E-state index in [0.29, 0.717) is 11.3 Å². The van der Waals surface area contributed by atoms with Gasteiger partial charge in [0.1, 0.15) is 23.1 Å². The second-order valence-electron chi connectivity index (χ2n) is 4.83. The molecule has 3 aromatic rings. The number of benzene rings is 2. The van der Waals surface area contributed by atoms with Crippen molar-refractivity contribution in [3.8, 4) is 5.75 Å². The highest BCUT2D eigenvalue weighted by Crippen LogP contribution is 2.20. The van der Waals surface area contributed by atoms with Crippen molar-refractivity contribution in [1.29, 1.82) is 0 Å². The van der Waals surface area contributed by atoms with Crippen LogP contribution >= 0.6 is 0 Å². The molecule has 0 saturated carbocycles. The molecule has 0 saturated heterocycles. The van der Waals surface area contributed by atoms with Crippen molar-refractivity contribution in [1.82, 2.24) is 4.98 Å². The van der Waals surface area contributed by atoms with Crippen molar-refractivity contribution in [3.05, 3.63) is 65.9 Å². The van der Waals surface area contributed by atoms with Crippen LogP contribution in [0.3, 0.4) is 0 Å². The number of amides is 1. The maximum Gasteiger partial charge on any atom is 0.274 e. The summed E-state index contributed by atoms with van der Waals surface area (Å²) in [6.45, 7) is 0. The van der Waals surface area contributed by atoms with Crippen LogP contribution in [-0.2, 0) is 0 Å². The van der Waals surface area contributed by atoms with Crippen LogP contribution in [0.4, 0.5) is 14.5 Å². The third kappa shape index (κ3) is 3.11. The molecule has 0 atom stereocenters. The van der Waals surface area contributed by atoms with Gasteiger partial charge in [0.15, 0.2) is 0 Å². The number of methoxy groups -OCH3 is 1. The van der Waals surface area contributed by atoms with Gasteiger partial charge < -0.3 is 10.1 Å². The highest BCUT2D eigenvalue weighted by molar-refractivity contribution is 6.04. The average Bonchev–Trinajstić information content (AvgIpc) is 2.57. The highest BCUT2D eigenvalue weighted by atomic mass is 19.1. The molecule has 1 N–H and O–H groups in total. The normalized spacial score (nSPS) is 10.6. The van der Waals surface area contributed by atoms with Crippen LogP contribution in [0, 0.1) is 11.6 Å². The zero-order valence-corrected chi connectivity index (χ0v) is 12.1. The maximum absolute atomic E-state index is 13.6. The smallest absolute Gasteiger partial charge is 0.274 e. The summed E-state index contributed by atoms with van der Waals surface area (Å²) < 4.78 is 31.8. The Morgan fingerprint density at radius 2 is 1.91 bits per heavy atom. The van der Waals surface area contributed by atoms with E-state index in [1.54, 1.807) is 31.4 Å². The standard InChI is InChI=1S/C17H12F2N2O2/c1-23-12-4-7-14-10(8-12)2-6-15(20-14)17(22)21-16-9-11(18)3-5-13(16)19/h2-9H,1H3,(H,21,22). The number of carbonyl (C=O) groups is 1. The Labute approximate surface area is 130 Å². The number of rotatable bonds is 3. The molecule has 0 radical (unpaired) electrons. The molecule has 0 spiro atoms. The topological polar surface area (TPSA) is 51.2 Å². The number of nitrogens with zero attached hydrogens (tertiary/aromatic N) is 1.